The summed E-state index contributed by atoms with van der Waals surface area (Å²) >= 11 is 0. The largest absolute Gasteiger partial charge is 0.372 e. The zero-order valence-electron chi connectivity index (χ0n) is 10.1. The first kappa shape index (κ1) is 13.0. The Morgan fingerprint density at radius 1 is 1.12 bits per heavy atom. The fourth-order valence-corrected chi connectivity index (χ4v) is 1.76. The van der Waals surface area contributed by atoms with E-state index in [1.165, 1.54) is 0 Å². The Morgan fingerprint density at radius 3 is 2.38 bits per heavy atom. The molecule has 1 saturated heterocycles. The summed E-state index contributed by atoms with van der Waals surface area (Å²) in [6.45, 7) is 6.85. The average molecular weight is 228 g/mol. The van der Waals surface area contributed by atoms with E-state index in [-0.39, 0.29) is 18.4 Å². The molecule has 1 aliphatic heterocycles. The second-order valence-electron chi connectivity index (χ2n) is 3.88. The molecule has 0 unspecified atom stereocenters. The average Bonchev–Trinajstić information content (AvgIpc) is 2.51. The lowest BCUT2D eigenvalue weighted by atomic mass is 10.4. The molecule has 5 heteroatoms. The minimum atomic E-state index is 0.0206. The van der Waals surface area contributed by atoms with Crippen molar-refractivity contribution < 1.29 is 14.3 Å². The van der Waals surface area contributed by atoms with E-state index in [9.17, 15) is 9.59 Å². The molecule has 1 rings (SSSR count). The number of nitrogens with zero attached hydrogens (tertiary/aromatic N) is 2. The van der Waals surface area contributed by atoms with E-state index in [0.717, 1.165) is 19.5 Å². The van der Waals surface area contributed by atoms with E-state index >= 15 is 0 Å². The Bertz CT molecular complexity index is 256. The number of hydrogen-bond acceptors (Lipinski definition) is 3. The van der Waals surface area contributed by atoms with Gasteiger partial charge in [-0.3, -0.25) is 9.59 Å². The molecule has 1 aliphatic rings. The highest BCUT2D eigenvalue weighted by atomic mass is 16.5. The van der Waals surface area contributed by atoms with Gasteiger partial charge in [0.2, 0.25) is 11.8 Å². The first-order chi connectivity index (χ1) is 7.65. The number of rotatable bonds is 3. The summed E-state index contributed by atoms with van der Waals surface area (Å²) in [5.41, 5.74) is 0. The number of amides is 2. The molecular weight excluding hydrogens is 208 g/mol. The van der Waals surface area contributed by atoms with Gasteiger partial charge < -0.3 is 14.5 Å². The molecule has 0 atom stereocenters. The van der Waals surface area contributed by atoms with Crippen LogP contribution in [0.25, 0.3) is 0 Å². The van der Waals surface area contributed by atoms with E-state index in [2.05, 4.69) is 0 Å². The molecule has 1 heterocycles. The second kappa shape index (κ2) is 6.48. The summed E-state index contributed by atoms with van der Waals surface area (Å²) in [6, 6.07) is 0. The molecule has 0 radical (unpaired) electrons. The third kappa shape index (κ3) is 3.81. The zero-order chi connectivity index (χ0) is 12.0. The van der Waals surface area contributed by atoms with Crippen molar-refractivity contribution in [3.05, 3.63) is 0 Å². The molecule has 0 N–H and O–H groups in total. The first-order valence-electron chi connectivity index (χ1n) is 5.76. The number of hydrogen-bond donors (Lipinski definition) is 0. The Kier molecular flexibility index (Phi) is 5.25. The summed E-state index contributed by atoms with van der Waals surface area (Å²) in [4.78, 5) is 26.4. The molecule has 16 heavy (non-hydrogen) atoms. The van der Waals surface area contributed by atoms with Crippen LogP contribution < -0.4 is 0 Å². The fraction of sp³-hybridized carbons (Fsp3) is 0.818. The molecular formula is C11H20N2O3. The highest BCUT2D eigenvalue weighted by molar-refractivity contribution is 5.78. The minimum absolute atomic E-state index is 0.0206. The van der Waals surface area contributed by atoms with Crippen LogP contribution in [-0.2, 0) is 14.3 Å². The van der Waals surface area contributed by atoms with Crippen LogP contribution >= 0.6 is 0 Å². The van der Waals surface area contributed by atoms with E-state index < -0.39 is 0 Å². The summed E-state index contributed by atoms with van der Waals surface area (Å²) < 4.78 is 5.09. The quantitative estimate of drug-likeness (QED) is 0.688. The molecule has 1 fully saturated rings. The standard InChI is InChI=1S/C11H20N2O3/c1-3-16-9-11(15)13-6-4-5-12(7-8-13)10(2)14/h3-9H2,1-2H3. The first-order valence-corrected chi connectivity index (χ1v) is 5.76. The van der Waals surface area contributed by atoms with Crippen LogP contribution in [0.3, 0.4) is 0 Å². The van der Waals surface area contributed by atoms with Crippen LogP contribution in [0.1, 0.15) is 20.3 Å². The summed E-state index contributed by atoms with van der Waals surface area (Å²) in [7, 11) is 0. The predicted molar refractivity (Wildman–Crippen MR) is 59.9 cm³/mol. The molecule has 2 amide bonds. The monoisotopic (exact) mass is 228 g/mol. The number of carbonyl (C=O) groups is 2. The van der Waals surface area contributed by atoms with E-state index in [1.54, 1.807) is 16.7 Å². The third-order valence-corrected chi connectivity index (χ3v) is 2.72. The third-order valence-electron chi connectivity index (χ3n) is 2.72. The Balaban J connectivity index is 2.40. The summed E-state index contributed by atoms with van der Waals surface area (Å²) in [5, 5.41) is 0. The molecule has 0 spiro atoms. The van der Waals surface area contributed by atoms with Crippen LogP contribution in [0.4, 0.5) is 0 Å². The van der Waals surface area contributed by atoms with Gasteiger partial charge in [0, 0.05) is 39.7 Å². The van der Waals surface area contributed by atoms with Crippen molar-refractivity contribution in [3.63, 3.8) is 0 Å². The van der Waals surface area contributed by atoms with Crippen molar-refractivity contribution >= 4 is 11.8 Å². The van der Waals surface area contributed by atoms with Gasteiger partial charge in [0.05, 0.1) is 0 Å². The molecule has 0 aromatic rings. The number of ether oxygens (including phenoxy) is 1. The maximum Gasteiger partial charge on any atom is 0.248 e. The molecule has 0 bridgehead atoms. The van der Waals surface area contributed by atoms with Gasteiger partial charge in [0.25, 0.3) is 0 Å². The van der Waals surface area contributed by atoms with Crippen molar-refractivity contribution in [2.45, 2.75) is 20.3 Å². The van der Waals surface area contributed by atoms with Crippen molar-refractivity contribution in [1.29, 1.82) is 0 Å². The van der Waals surface area contributed by atoms with Crippen molar-refractivity contribution in [2.75, 3.05) is 39.4 Å². The van der Waals surface area contributed by atoms with Gasteiger partial charge in [-0.05, 0) is 13.3 Å². The second-order valence-corrected chi connectivity index (χ2v) is 3.88. The lowest BCUT2D eigenvalue weighted by Gasteiger charge is -2.21. The van der Waals surface area contributed by atoms with Crippen LogP contribution in [0, 0.1) is 0 Å². The highest BCUT2D eigenvalue weighted by Crippen LogP contribution is 2.03. The lowest BCUT2D eigenvalue weighted by molar-refractivity contribution is -0.136. The zero-order valence-corrected chi connectivity index (χ0v) is 10.1. The SMILES string of the molecule is CCOCC(=O)N1CCCN(C(C)=O)CC1. The van der Waals surface area contributed by atoms with Gasteiger partial charge in [-0.2, -0.15) is 0 Å². The number of carbonyl (C=O) groups excluding carboxylic acids is 2. The van der Waals surface area contributed by atoms with Gasteiger partial charge in [-0.25, -0.2) is 0 Å². The van der Waals surface area contributed by atoms with Crippen molar-refractivity contribution in [2.24, 2.45) is 0 Å². The maximum absolute atomic E-state index is 11.7. The van der Waals surface area contributed by atoms with Gasteiger partial charge >= 0.3 is 0 Å². The predicted octanol–water partition coefficient (Wildman–Crippen LogP) is 0.104. The molecule has 5 nitrogen and oxygen atoms in total. The van der Waals surface area contributed by atoms with Crippen molar-refractivity contribution in [1.82, 2.24) is 9.80 Å². The van der Waals surface area contributed by atoms with Crippen LogP contribution in [0.2, 0.25) is 0 Å². The van der Waals surface area contributed by atoms with Gasteiger partial charge in [-0.15, -0.1) is 0 Å². The van der Waals surface area contributed by atoms with Crippen LogP contribution in [0.5, 0.6) is 0 Å². The van der Waals surface area contributed by atoms with Gasteiger partial charge in [0.1, 0.15) is 6.61 Å². The van der Waals surface area contributed by atoms with E-state index in [4.69, 9.17) is 4.74 Å². The van der Waals surface area contributed by atoms with Gasteiger partial charge in [-0.1, -0.05) is 0 Å². The molecule has 0 aromatic carbocycles. The smallest absolute Gasteiger partial charge is 0.248 e. The Morgan fingerprint density at radius 2 is 1.75 bits per heavy atom. The maximum atomic E-state index is 11.7. The van der Waals surface area contributed by atoms with E-state index in [1.807, 2.05) is 6.92 Å². The Labute approximate surface area is 96.3 Å². The highest BCUT2D eigenvalue weighted by Gasteiger charge is 2.19. The van der Waals surface area contributed by atoms with Crippen LogP contribution in [-0.4, -0.2) is 61.0 Å². The minimum Gasteiger partial charge on any atom is -0.372 e. The topological polar surface area (TPSA) is 49.9 Å². The van der Waals surface area contributed by atoms with E-state index in [0.29, 0.717) is 19.7 Å². The summed E-state index contributed by atoms with van der Waals surface area (Å²) in [5.74, 6) is 0.103. The molecule has 92 valence electrons. The molecule has 0 saturated carbocycles. The normalized spacial score (nSPS) is 17.1. The fourth-order valence-electron chi connectivity index (χ4n) is 1.76. The summed E-state index contributed by atoms with van der Waals surface area (Å²) in [6.07, 6.45) is 0.845. The van der Waals surface area contributed by atoms with Gasteiger partial charge in [0.15, 0.2) is 0 Å². The molecule has 0 aliphatic carbocycles. The molecule has 0 aromatic heterocycles. The Hall–Kier alpha value is -1.10. The lowest BCUT2D eigenvalue weighted by Crippen LogP contribution is -2.38. The van der Waals surface area contributed by atoms with Crippen LogP contribution in [0.15, 0.2) is 0 Å². The van der Waals surface area contributed by atoms with Crippen molar-refractivity contribution in [3.8, 4) is 0 Å².